The first-order valence-corrected chi connectivity index (χ1v) is 6.51. The summed E-state index contributed by atoms with van der Waals surface area (Å²) in [5, 5.41) is 15.5. The third-order valence-electron chi connectivity index (χ3n) is 3.77. The van der Waals surface area contributed by atoms with Crippen molar-refractivity contribution in [2.45, 2.75) is 36.9 Å². The van der Waals surface area contributed by atoms with Gasteiger partial charge in [0, 0.05) is 18.5 Å². The SMILES string of the molecule is O=C(N[C@@H]1C[C@@H]1c1ccccc1)[C@@H]1C[C@@H](O)CN1. The Morgan fingerprint density at radius 3 is 2.72 bits per heavy atom. The lowest BCUT2D eigenvalue weighted by atomic mass is 10.1. The quantitative estimate of drug-likeness (QED) is 0.722. The van der Waals surface area contributed by atoms with E-state index in [0.29, 0.717) is 18.9 Å². The molecule has 3 rings (SSSR count). The monoisotopic (exact) mass is 246 g/mol. The van der Waals surface area contributed by atoms with Gasteiger partial charge in [-0.15, -0.1) is 0 Å². The standard InChI is InChI=1S/C14H18N2O2/c17-10-6-13(15-8-10)14(18)16-12-7-11(12)9-4-2-1-3-5-9/h1-5,10-13,15,17H,6-8H2,(H,16,18)/t10-,11-,12-,13+/m1/s1. The first kappa shape index (κ1) is 11.7. The lowest BCUT2D eigenvalue weighted by Crippen LogP contribution is -2.41. The van der Waals surface area contributed by atoms with Crippen molar-refractivity contribution < 1.29 is 9.90 Å². The number of carbonyl (C=O) groups excluding carboxylic acids is 1. The highest BCUT2D eigenvalue weighted by atomic mass is 16.3. The van der Waals surface area contributed by atoms with Gasteiger partial charge in [0.15, 0.2) is 0 Å². The van der Waals surface area contributed by atoms with Crippen LogP contribution in [0.2, 0.25) is 0 Å². The van der Waals surface area contributed by atoms with E-state index in [1.807, 2.05) is 18.2 Å². The third-order valence-corrected chi connectivity index (χ3v) is 3.77. The molecule has 0 aromatic heterocycles. The summed E-state index contributed by atoms with van der Waals surface area (Å²) in [4.78, 5) is 11.9. The number of amides is 1. The summed E-state index contributed by atoms with van der Waals surface area (Å²) in [6.45, 7) is 0.519. The second-order valence-corrected chi connectivity index (χ2v) is 5.22. The Morgan fingerprint density at radius 1 is 1.28 bits per heavy atom. The van der Waals surface area contributed by atoms with E-state index in [-0.39, 0.29) is 24.1 Å². The number of aliphatic hydroxyl groups excluding tert-OH is 1. The van der Waals surface area contributed by atoms with Crippen molar-refractivity contribution in [1.29, 1.82) is 0 Å². The van der Waals surface area contributed by atoms with Crippen LogP contribution in [0.25, 0.3) is 0 Å². The molecule has 4 heteroatoms. The average Bonchev–Trinajstić information content (AvgIpc) is 3.01. The molecule has 1 heterocycles. The second kappa shape index (κ2) is 4.71. The molecule has 2 fully saturated rings. The summed E-state index contributed by atoms with van der Waals surface area (Å²) < 4.78 is 0. The van der Waals surface area contributed by atoms with Gasteiger partial charge in [-0.3, -0.25) is 4.79 Å². The highest BCUT2D eigenvalue weighted by molar-refractivity contribution is 5.83. The van der Waals surface area contributed by atoms with Crippen molar-refractivity contribution in [3.05, 3.63) is 35.9 Å². The number of β-amino-alcohol motifs (C(OH)–C–C–N with tert-alkyl or cyclic N) is 1. The van der Waals surface area contributed by atoms with Gasteiger partial charge in [-0.05, 0) is 18.4 Å². The number of nitrogens with one attached hydrogen (secondary N) is 2. The maximum absolute atomic E-state index is 11.9. The Bertz CT molecular complexity index is 435. The minimum Gasteiger partial charge on any atom is -0.392 e. The summed E-state index contributed by atoms with van der Waals surface area (Å²) in [6.07, 6.45) is 1.16. The first-order valence-electron chi connectivity index (χ1n) is 6.51. The molecular formula is C14H18N2O2. The van der Waals surface area contributed by atoms with E-state index in [1.54, 1.807) is 0 Å². The van der Waals surface area contributed by atoms with Gasteiger partial charge in [0.2, 0.25) is 5.91 Å². The van der Waals surface area contributed by atoms with Gasteiger partial charge in [-0.1, -0.05) is 30.3 Å². The van der Waals surface area contributed by atoms with Gasteiger partial charge in [-0.2, -0.15) is 0 Å². The Balaban J connectivity index is 1.52. The van der Waals surface area contributed by atoms with Crippen molar-refractivity contribution in [3.8, 4) is 0 Å². The van der Waals surface area contributed by atoms with Crippen molar-refractivity contribution >= 4 is 5.91 Å². The fraction of sp³-hybridized carbons (Fsp3) is 0.500. The maximum Gasteiger partial charge on any atom is 0.237 e. The van der Waals surface area contributed by atoms with Gasteiger partial charge in [0.25, 0.3) is 0 Å². The predicted octanol–water partition coefficient (Wildman–Crippen LogP) is 0.381. The molecule has 4 nitrogen and oxygen atoms in total. The molecule has 1 saturated carbocycles. The summed E-state index contributed by atoms with van der Waals surface area (Å²) >= 11 is 0. The van der Waals surface area contributed by atoms with Crippen LogP contribution in [0.15, 0.2) is 30.3 Å². The lowest BCUT2D eigenvalue weighted by Gasteiger charge is -2.10. The van der Waals surface area contributed by atoms with Crippen LogP contribution in [0.4, 0.5) is 0 Å². The van der Waals surface area contributed by atoms with E-state index >= 15 is 0 Å². The minimum absolute atomic E-state index is 0.0231. The summed E-state index contributed by atoms with van der Waals surface area (Å²) in [6, 6.07) is 10.3. The van der Waals surface area contributed by atoms with Gasteiger partial charge in [-0.25, -0.2) is 0 Å². The maximum atomic E-state index is 11.9. The fourth-order valence-electron chi connectivity index (χ4n) is 2.62. The van der Waals surface area contributed by atoms with Crippen LogP contribution >= 0.6 is 0 Å². The largest absolute Gasteiger partial charge is 0.392 e. The summed E-state index contributed by atoms with van der Waals surface area (Å²) in [7, 11) is 0. The fourth-order valence-corrected chi connectivity index (χ4v) is 2.62. The second-order valence-electron chi connectivity index (χ2n) is 5.22. The van der Waals surface area contributed by atoms with Crippen LogP contribution in [0.5, 0.6) is 0 Å². The molecular weight excluding hydrogens is 228 g/mol. The zero-order valence-corrected chi connectivity index (χ0v) is 10.2. The van der Waals surface area contributed by atoms with Crippen molar-refractivity contribution in [1.82, 2.24) is 10.6 Å². The highest BCUT2D eigenvalue weighted by Gasteiger charge is 2.41. The summed E-state index contributed by atoms with van der Waals surface area (Å²) in [5.74, 6) is 0.483. The Kier molecular flexibility index (Phi) is 3.06. The van der Waals surface area contributed by atoms with Crippen LogP contribution < -0.4 is 10.6 Å². The number of carbonyl (C=O) groups is 1. The average molecular weight is 246 g/mol. The smallest absolute Gasteiger partial charge is 0.237 e. The molecule has 2 aliphatic rings. The Morgan fingerprint density at radius 2 is 2.06 bits per heavy atom. The number of benzene rings is 1. The van der Waals surface area contributed by atoms with Gasteiger partial charge >= 0.3 is 0 Å². The van der Waals surface area contributed by atoms with Crippen LogP contribution in [-0.4, -0.2) is 35.7 Å². The molecule has 0 bridgehead atoms. The minimum atomic E-state index is -0.384. The van der Waals surface area contributed by atoms with Gasteiger partial charge in [0.1, 0.15) is 0 Å². The van der Waals surface area contributed by atoms with Crippen LogP contribution in [-0.2, 0) is 4.79 Å². The molecule has 3 N–H and O–H groups in total. The van der Waals surface area contributed by atoms with E-state index in [4.69, 9.17) is 0 Å². The molecule has 18 heavy (non-hydrogen) atoms. The number of rotatable bonds is 3. The topological polar surface area (TPSA) is 61.4 Å². The molecule has 1 aromatic carbocycles. The molecule has 1 aliphatic carbocycles. The third kappa shape index (κ3) is 2.40. The number of aliphatic hydroxyl groups is 1. The van der Waals surface area contributed by atoms with E-state index in [2.05, 4.69) is 22.8 Å². The molecule has 0 spiro atoms. The van der Waals surface area contributed by atoms with E-state index in [0.717, 1.165) is 6.42 Å². The first-order chi connectivity index (χ1) is 8.74. The predicted molar refractivity (Wildman–Crippen MR) is 68.1 cm³/mol. The molecule has 0 unspecified atom stereocenters. The number of hydrogen-bond acceptors (Lipinski definition) is 3. The van der Waals surface area contributed by atoms with E-state index in [9.17, 15) is 9.90 Å². The highest BCUT2D eigenvalue weighted by Crippen LogP contribution is 2.40. The molecule has 1 amide bonds. The zero-order valence-electron chi connectivity index (χ0n) is 10.2. The van der Waals surface area contributed by atoms with Gasteiger partial charge < -0.3 is 15.7 Å². The zero-order chi connectivity index (χ0) is 12.5. The molecule has 1 aromatic rings. The van der Waals surface area contributed by atoms with E-state index in [1.165, 1.54) is 5.56 Å². The van der Waals surface area contributed by atoms with Crippen LogP contribution in [0.3, 0.4) is 0 Å². The molecule has 4 atom stereocenters. The molecule has 1 saturated heterocycles. The molecule has 96 valence electrons. The summed E-state index contributed by atoms with van der Waals surface area (Å²) in [5.41, 5.74) is 1.29. The van der Waals surface area contributed by atoms with Crippen molar-refractivity contribution in [3.63, 3.8) is 0 Å². The number of hydrogen-bond donors (Lipinski definition) is 3. The Labute approximate surface area is 106 Å². The van der Waals surface area contributed by atoms with Crippen molar-refractivity contribution in [2.75, 3.05) is 6.54 Å². The molecule has 0 radical (unpaired) electrons. The molecule has 1 aliphatic heterocycles. The van der Waals surface area contributed by atoms with E-state index < -0.39 is 0 Å². The van der Waals surface area contributed by atoms with Gasteiger partial charge in [0.05, 0.1) is 12.1 Å². The van der Waals surface area contributed by atoms with Crippen LogP contribution in [0.1, 0.15) is 24.3 Å². The lowest BCUT2D eigenvalue weighted by molar-refractivity contribution is -0.123. The normalized spacial score (nSPS) is 34.3. The van der Waals surface area contributed by atoms with Crippen LogP contribution in [0, 0.1) is 0 Å². The Hall–Kier alpha value is -1.39. The van der Waals surface area contributed by atoms with Crippen molar-refractivity contribution in [2.24, 2.45) is 0 Å².